The smallest absolute Gasteiger partial charge is 0.247 e. The monoisotopic (exact) mass is 300 g/mol. The lowest BCUT2D eigenvalue weighted by Crippen LogP contribution is -2.63. The highest BCUT2D eigenvalue weighted by Gasteiger charge is 2.47. The van der Waals surface area contributed by atoms with Crippen LogP contribution in [0.25, 0.3) is 0 Å². The summed E-state index contributed by atoms with van der Waals surface area (Å²) in [6.45, 7) is 0.191. The Morgan fingerprint density at radius 1 is 1.09 bits per heavy atom. The first-order valence-corrected chi connectivity index (χ1v) is 6.89. The highest BCUT2D eigenvalue weighted by Crippen LogP contribution is 2.42. The molecule has 2 atom stereocenters. The minimum absolute atomic E-state index is 0.186. The number of amides is 1. The van der Waals surface area contributed by atoms with E-state index in [1.165, 1.54) is 12.1 Å². The van der Waals surface area contributed by atoms with E-state index in [0.29, 0.717) is 17.2 Å². The van der Waals surface area contributed by atoms with Crippen LogP contribution in [0, 0.1) is 5.82 Å². The van der Waals surface area contributed by atoms with Gasteiger partial charge < -0.3 is 20.1 Å². The summed E-state index contributed by atoms with van der Waals surface area (Å²) < 4.78 is 23.7. The largest absolute Gasteiger partial charge is 0.454 e. The molecule has 2 aromatic carbocycles. The number of hydrogen-bond acceptors (Lipinski definition) is 4. The van der Waals surface area contributed by atoms with Gasteiger partial charge >= 0.3 is 0 Å². The fourth-order valence-corrected chi connectivity index (χ4v) is 2.85. The minimum Gasteiger partial charge on any atom is -0.454 e. The van der Waals surface area contributed by atoms with Gasteiger partial charge in [-0.15, -0.1) is 0 Å². The van der Waals surface area contributed by atoms with Crippen molar-refractivity contribution in [2.75, 3.05) is 11.7 Å². The molecule has 1 amide bonds. The molecule has 0 saturated carbocycles. The van der Waals surface area contributed by atoms with E-state index in [9.17, 15) is 9.18 Å². The van der Waals surface area contributed by atoms with Crippen LogP contribution in [-0.2, 0) is 4.79 Å². The number of benzene rings is 2. The fraction of sp³-hybridized carbons (Fsp3) is 0.188. The van der Waals surface area contributed by atoms with Gasteiger partial charge in [0.2, 0.25) is 12.7 Å². The van der Waals surface area contributed by atoms with Crippen LogP contribution in [0.3, 0.4) is 0 Å². The first-order valence-electron chi connectivity index (χ1n) is 6.89. The molecule has 22 heavy (non-hydrogen) atoms. The maximum Gasteiger partial charge on any atom is 0.247 e. The summed E-state index contributed by atoms with van der Waals surface area (Å²) in [6, 6.07) is 10.4. The first kappa shape index (κ1) is 13.1. The molecule has 5 nitrogen and oxygen atoms in total. The van der Waals surface area contributed by atoms with Crippen molar-refractivity contribution < 1.29 is 18.7 Å². The number of hydrogen-bond donors (Lipinski definition) is 1. The summed E-state index contributed by atoms with van der Waals surface area (Å²) in [5.41, 5.74) is 7.45. The number of β-lactam (4-membered cyclic amide) rings is 1. The summed E-state index contributed by atoms with van der Waals surface area (Å²) in [5, 5.41) is 0. The number of anilines is 1. The molecule has 2 unspecified atom stereocenters. The second-order valence-corrected chi connectivity index (χ2v) is 5.27. The van der Waals surface area contributed by atoms with Crippen molar-refractivity contribution in [3.8, 4) is 11.5 Å². The first-order chi connectivity index (χ1) is 10.6. The standard InChI is InChI=1S/C16H13FN2O3/c17-10-2-4-11(5-3-10)19-15(14(18)16(19)20)9-1-6-12-13(7-9)22-8-21-12/h1-7,14-15H,8,18H2. The minimum atomic E-state index is -0.620. The van der Waals surface area contributed by atoms with Gasteiger partial charge in [-0.2, -0.15) is 0 Å². The Morgan fingerprint density at radius 3 is 2.59 bits per heavy atom. The second-order valence-electron chi connectivity index (χ2n) is 5.27. The van der Waals surface area contributed by atoms with E-state index in [1.807, 2.05) is 12.1 Å². The number of ether oxygens (including phenoxy) is 2. The van der Waals surface area contributed by atoms with Crippen molar-refractivity contribution >= 4 is 11.6 Å². The van der Waals surface area contributed by atoms with Gasteiger partial charge in [0.1, 0.15) is 11.9 Å². The maximum atomic E-state index is 13.1. The molecule has 2 aromatic rings. The van der Waals surface area contributed by atoms with Crippen molar-refractivity contribution in [1.82, 2.24) is 0 Å². The van der Waals surface area contributed by atoms with Crippen LogP contribution in [0.5, 0.6) is 11.5 Å². The topological polar surface area (TPSA) is 64.8 Å². The SMILES string of the molecule is NC1C(=O)N(c2ccc(F)cc2)C1c1ccc2c(c1)OCO2. The van der Waals surface area contributed by atoms with Crippen LogP contribution in [-0.4, -0.2) is 18.7 Å². The quantitative estimate of drug-likeness (QED) is 0.861. The maximum absolute atomic E-state index is 13.1. The average molecular weight is 300 g/mol. The fourth-order valence-electron chi connectivity index (χ4n) is 2.85. The van der Waals surface area contributed by atoms with Crippen molar-refractivity contribution in [2.45, 2.75) is 12.1 Å². The predicted octanol–water partition coefficient (Wildman–Crippen LogP) is 1.97. The summed E-state index contributed by atoms with van der Waals surface area (Å²) in [4.78, 5) is 13.7. The van der Waals surface area contributed by atoms with Crippen molar-refractivity contribution in [2.24, 2.45) is 5.73 Å². The van der Waals surface area contributed by atoms with Crippen molar-refractivity contribution in [3.63, 3.8) is 0 Å². The molecule has 0 aliphatic carbocycles. The zero-order valence-corrected chi connectivity index (χ0v) is 11.5. The van der Waals surface area contributed by atoms with Gasteiger partial charge in [0.15, 0.2) is 11.5 Å². The predicted molar refractivity (Wildman–Crippen MR) is 77.2 cm³/mol. The summed E-state index contributed by atoms with van der Waals surface area (Å²) in [7, 11) is 0. The van der Waals surface area contributed by atoms with Gasteiger partial charge in [-0.25, -0.2) is 4.39 Å². The molecule has 4 rings (SSSR count). The van der Waals surface area contributed by atoms with E-state index in [-0.39, 0.29) is 24.6 Å². The van der Waals surface area contributed by atoms with Gasteiger partial charge in [-0.1, -0.05) is 6.07 Å². The van der Waals surface area contributed by atoms with Crippen molar-refractivity contribution in [1.29, 1.82) is 0 Å². The third-order valence-corrected chi connectivity index (χ3v) is 3.98. The number of nitrogens with zero attached hydrogens (tertiary/aromatic N) is 1. The van der Waals surface area contributed by atoms with Crippen LogP contribution in [0.15, 0.2) is 42.5 Å². The van der Waals surface area contributed by atoms with E-state index < -0.39 is 6.04 Å². The van der Waals surface area contributed by atoms with E-state index in [0.717, 1.165) is 5.56 Å². The molecule has 0 spiro atoms. The highest BCUT2D eigenvalue weighted by molar-refractivity contribution is 6.05. The third kappa shape index (κ3) is 1.84. The lowest BCUT2D eigenvalue weighted by atomic mass is 9.88. The molecule has 0 radical (unpaired) electrons. The highest BCUT2D eigenvalue weighted by atomic mass is 19.1. The van der Waals surface area contributed by atoms with Crippen LogP contribution in [0.4, 0.5) is 10.1 Å². The Hall–Kier alpha value is -2.60. The number of carbonyl (C=O) groups excluding carboxylic acids is 1. The average Bonchev–Trinajstić information content (AvgIpc) is 3.00. The number of rotatable bonds is 2. The number of carbonyl (C=O) groups is 1. The lowest BCUT2D eigenvalue weighted by Gasteiger charge is -2.45. The van der Waals surface area contributed by atoms with E-state index >= 15 is 0 Å². The summed E-state index contributed by atoms with van der Waals surface area (Å²) in [5.74, 6) is 0.786. The molecule has 112 valence electrons. The number of halogens is 1. The van der Waals surface area contributed by atoms with Gasteiger partial charge in [-0.05, 0) is 42.0 Å². The Labute approximate surface area is 126 Å². The van der Waals surface area contributed by atoms with Crippen LogP contribution in [0.2, 0.25) is 0 Å². The lowest BCUT2D eigenvalue weighted by molar-refractivity contribution is -0.126. The van der Waals surface area contributed by atoms with Crippen LogP contribution >= 0.6 is 0 Å². The van der Waals surface area contributed by atoms with Crippen molar-refractivity contribution in [3.05, 3.63) is 53.8 Å². The van der Waals surface area contributed by atoms with Gasteiger partial charge in [0.25, 0.3) is 0 Å². The molecule has 2 heterocycles. The Bertz CT molecular complexity index is 748. The van der Waals surface area contributed by atoms with Gasteiger partial charge in [0, 0.05) is 5.69 Å². The molecule has 2 aliphatic rings. The summed E-state index contributed by atoms with van der Waals surface area (Å²) in [6.07, 6.45) is 0. The molecule has 1 saturated heterocycles. The normalized spacial score (nSPS) is 22.6. The second kappa shape index (κ2) is 4.71. The van der Waals surface area contributed by atoms with Gasteiger partial charge in [-0.3, -0.25) is 4.79 Å². The third-order valence-electron chi connectivity index (χ3n) is 3.98. The molecule has 0 bridgehead atoms. The number of fused-ring (bicyclic) bond motifs is 1. The zero-order valence-electron chi connectivity index (χ0n) is 11.5. The van der Waals surface area contributed by atoms with E-state index in [4.69, 9.17) is 15.2 Å². The molecule has 0 aromatic heterocycles. The van der Waals surface area contributed by atoms with Crippen LogP contribution in [0.1, 0.15) is 11.6 Å². The number of nitrogens with two attached hydrogens (primary N) is 1. The Balaban J connectivity index is 1.70. The van der Waals surface area contributed by atoms with E-state index in [1.54, 1.807) is 23.1 Å². The van der Waals surface area contributed by atoms with Crippen LogP contribution < -0.4 is 20.1 Å². The van der Waals surface area contributed by atoms with Gasteiger partial charge in [0.05, 0.1) is 6.04 Å². The Morgan fingerprint density at radius 2 is 1.82 bits per heavy atom. The molecule has 6 heteroatoms. The molecule has 1 fully saturated rings. The molecular formula is C16H13FN2O3. The summed E-state index contributed by atoms with van der Waals surface area (Å²) >= 11 is 0. The Kier molecular flexibility index (Phi) is 2.80. The zero-order chi connectivity index (χ0) is 15.3. The van der Waals surface area contributed by atoms with E-state index in [2.05, 4.69) is 0 Å². The molecule has 2 aliphatic heterocycles. The molecular weight excluding hydrogens is 287 g/mol. The molecule has 2 N–H and O–H groups in total.